The molecule has 2 aliphatic heterocycles. The molecule has 0 saturated carbocycles. The Morgan fingerprint density at radius 2 is 1.93 bits per heavy atom. The fourth-order valence-electron chi connectivity index (χ4n) is 4.05. The van der Waals surface area contributed by atoms with E-state index < -0.39 is 5.66 Å². The lowest BCUT2D eigenvalue weighted by atomic mass is 9.90. The molecule has 0 radical (unpaired) electrons. The van der Waals surface area contributed by atoms with E-state index in [-0.39, 0.29) is 11.9 Å². The zero-order valence-electron chi connectivity index (χ0n) is 16.4. The van der Waals surface area contributed by atoms with Crippen molar-refractivity contribution in [2.24, 2.45) is 0 Å². The maximum Gasteiger partial charge on any atom is 0.321 e. The number of benzene rings is 2. The quantitative estimate of drug-likeness (QED) is 0.788. The van der Waals surface area contributed by atoms with Gasteiger partial charge in [-0.25, -0.2) is 4.79 Å². The Morgan fingerprint density at radius 1 is 1.21 bits per heavy atom. The van der Waals surface area contributed by atoms with Crippen LogP contribution in [0.4, 0.5) is 16.2 Å². The molecule has 3 amide bonds. The second-order valence-corrected chi connectivity index (χ2v) is 7.76. The van der Waals surface area contributed by atoms with Gasteiger partial charge in [0.2, 0.25) is 0 Å². The van der Waals surface area contributed by atoms with Gasteiger partial charge in [0.05, 0.1) is 24.0 Å². The molecule has 29 heavy (non-hydrogen) atoms. The number of hydrogen-bond acceptors (Lipinski definition) is 4. The highest BCUT2D eigenvalue weighted by Gasteiger charge is 2.44. The number of amides is 3. The summed E-state index contributed by atoms with van der Waals surface area (Å²) in [6.07, 6.45) is 1.22. The maximum atomic E-state index is 12.7. The molecule has 0 bridgehead atoms. The van der Waals surface area contributed by atoms with Crippen molar-refractivity contribution in [3.63, 3.8) is 0 Å². The average Bonchev–Trinajstić information content (AvgIpc) is 2.73. The molecule has 0 unspecified atom stereocenters. The van der Waals surface area contributed by atoms with Crippen molar-refractivity contribution in [1.82, 2.24) is 10.2 Å². The number of hydrogen-bond donors (Lipinski definition) is 2. The minimum atomic E-state index is -0.532. The van der Waals surface area contributed by atoms with Gasteiger partial charge in [0, 0.05) is 38.0 Å². The molecule has 0 aliphatic carbocycles. The molecule has 2 heterocycles. The highest BCUT2D eigenvalue weighted by molar-refractivity contribution is 6.31. The lowest BCUT2D eigenvalue weighted by Gasteiger charge is -2.51. The van der Waals surface area contributed by atoms with Crippen molar-refractivity contribution in [3.05, 3.63) is 53.1 Å². The largest absolute Gasteiger partial charge is 0.495 e. The van der Waals surface area contributed by atoms with Gasteiger partial charge in [0.25, 0.3) is 5.91 Å². The number of methoxy groups -OCH3 is 1. The fourth-order valence-corrected chi connectivity index (χ4v) is 4.22. The summed E-state index contributed by atoms with van der Waals surface area (Å²) in [5.74, 6) is 0.504. The number of carbonyl (C=O) groups excluding carboxylic acids is 2. The van der Waals surface area contributed by atoms with Gasteiger partial charge in [0.15, 0.2) is 0 Å². The number of rotatable bonds is 2. The SMILES string of the molecule is COc1ccccc1NC(=O)N1CCC2(CC1)NC(=O)c1ccc(Cl)cc1N2C. The third kappa shape index (κ3) is 3.46. The molecule has 1 spiro atoms. The predicted molar refractivity (Wildman–Crippen MR) is 113 cm³/mol. The van der Waals surface area contributed by atoms with Crippen LogP contribution >= 0.6 is 11.6 Å². The molecule has 0 atom stereocenters. The maximum absolute atomic E-state index is 12.7. The number of likely N-dealkylation sites (tertiary alicyclic amines) is 1. The van der Waals surface area contributed by atoms with Gasteiger partial charge >= 0.3 is 6.03 Å². The number of fused-ring (bicyclic) bond motifs is 1. The van der Waals surface area contributed by atoms with Crippen LogP contribution in [0, 0.1) is 0 Å². The van der Waals surface area contributed by atoms with Crippen molar-refractivity contribution in [2.45, 2.75) is 18.5 Å². The first-order chi connectivity index (χ1) is 13.9. The van der Waals surface area contributed by atoms with E-state index in [0.29, 0.717) is 48.0 Å². The third-order valence-electron chi connectivity index (χ3n) is 5.78. The highest BCUT2D eigenvalue weighted by Crippen LogP contribution is 2.37. The van der Waals surface area contributed by atoms with Crippen LogP contribution in [-0.4, -0.2) is 49.7 Å². The number of anilines is 2. The number of urea groups is 1. The monoisotopic (exact) mass is 414 g/mol. The van der Waals surface area contributed by atoms with E-state index in [1.807, 2.05) is 25.2 Å². The second-order valence-electron chi connectivity index (χ2n) is 7.32. The van der Waals surface area contributed by atoms with Gasteiger partial charge < -0.3 is 25.2 Å². The Balaban J connectivity index is 1.47. The Labute approximate surface area is 174 Å². The lowest BCUT2D eigenvalue weighted by molar-refractivity contribution is 0.0815. The average molecular weight is 415 g/mol. The van der Waals surface area contributed by atoms with Crippen LogP contribution in [-0.2, 0) is 0 Å². The Morgan fingerprint density at radius 3 is 2.66 bits per heavy atom. The van der Waals surface area contributed by atoms with E-state index in [9.17, 15) is 9.59 Å². The summed E-state index contributed by atoms with van der Waals surface area (Å²) in [7, 11) is 3.53. The van der Waals surface area contributed by atoms with Crippen LogP contribution in [0.15, 0.2) is 42.5 Å². The molecule has 2 aromatic rings. The number of nitrogens with one attached hydrogen (secondary N) is 2. The van der Waals surface area contributed by atoms with Crippen LogP contribution in [0.3, 0.4) is 0 Å². The van der Waals surface area contributed by atoms with E-state index in [0.717, 1.165) is 5.69 Å². The molecule has 2 N–H and O–H groups in total. The standard InChI is InChI=1S/C21H23ClN4O3/c1-25-17-13-14(22)7-8-15(17)19(27)24-21(25)9-11-26(12-10-21)20(28)23-16-5-3-4-6-18(16)29-2/h3-8,13H,9-12H2,1-2H3,(H,23,28)(H,24,27). The molecule has 8 heteroatoms. The molecule has 2 aromatic carbocycles. The summed E-state index contributed by atoms with van der Waals surface area (Å²) in [4.78, 5) is 29.2. The summed E-state index contributed by atoms with van der Waals surface area (Å²) < 4.78 is 5.29. The van der Waals surface area contributed by atoms with Crippen LogP contribution in [0.25, 0.3) is 0 Å². The Bertz CT molecular complexity index is 957. The van der Waals surface area contributed by atoms with E-state index in [2.05, 4.69) is 15.5 Å². The van der Waals surface area contributed by atoms with Gasteiger partial charge in [-0.3, -0.25) is 4.79 Å². The Hall–Kier alpha value is -2.93. The van der Waals surface area contributed by atoms with E-state index >= 15 is 0 Å². The topological polar surface area (TPSA) is 73.9 Å². The number of para-hydroxylation sites is 2. The van der Waals surface area contributed by atoms with Crippen molar-refractivity contribution in [3.8, 4) is 5.75 Å². The summed E-state index contributed by atoms with van der Waals surface area (Å²) in [6.45, 7) is 1.03. The van der Waals surface area contributed by atoms with Crippen molar-refractivity contribution in [1.29, 1.82) is 0 Å². The van der Waals surface area contributed by atoms with Crippen LogP contribution in [0.5, 0.6) is 5.75 Å². The normalized spacial score (nSPS) is 17.6. The van der Waals surface area contributed by atoms with Gasteiger partial charge in [0.1, 0.15) is 11.4 Å². The molecular weight excluding hydrogens is 392 g/mol. The first-order valence-electron chi connectivity index (χ1n) is 9.48. The van der Waals surface area contributed by atoms with Crippen molar-refractivity contribution < 1.29 is 14.3 Å². The molecular formula is C21H23ClN4O3. The van der Waals surface area contributed by atoms with Gasteiger partial charge in [-0.05, 0) is 30.3 Å². The molecule has 0 aromatic heterocycles. The molecule has 7 nitrogen and oxygen atoms in total. The van der Waals surface area contributed by atoms with Crippen LogP contribution < -0.4 is 20.3 Å². The second kappa shape index (κ2) is 7.48. The summed E-state index contributed by atoms with van der Waals surface area (Å²) in [5, 5.41) is 6.65. The fraction of sp³-hybridized carbons (Fsp3) is 0.333. The zero-order chi connectivity index (χ0) is 20.6. The first kappa shape index (κ1) is 19.4. The van der Waals surface area contributed by atoms with Crippen LogP contribution in [0.2, 0.25) is 5.02 Å². The summed E-state index contributed by atoms with van der Waals surface area (Å²) in [6, 6.07) is 12.4. The number of nitrogens with zero attached hydrogens (tertiary/aromatic N) is 2. The van der Waals surface area contributed by atoms with Gasteiger partial charge in [-0.2, -0.15) is 0 Å². The van der Waals surface area contributed by atoms with E-state index in [1.165, 1.54) is 0 Å². The Kier molecular flexibility index (Phi) is 5.00. The zero-order valence-corrected chi connectivity index (χ0v) is 17.1. The minimum Gasteiger partial charge on any atom is -0.495 e. The third-order valence-corrected chi connectivity index (χ3v) is 6.02. The minimum absolute atomic E-state index is 0.110. The van der Waals surface area contributed by atoms with Crippen LogP contribution in [0.1, 0.15) is 23.2 Å². The summed E-state index contributed by atoms with van der Waals surface area (Å²) >= 11 is 6.15. The number of halogens is 1. The molecule has 1 saturated heterocycles. The van der Waals surface area contributed by atoms with Crippen molar-refractivity contribution >= 4 is 34.9 Å². The highest BCUT2D eigenvalue weighted by atomic mass is 35.5. The number of ether oxygens (including phenoxy) is 1. The number of piperidine rings is 1. The first-order valence-corrected chi connectivity index (χ1v) is 9.86. The predicted octanol–water partition coefficient (Wildman–Crippen LogP) is 3.55. The van der Waals surface area contributed by atoms with Gasteiger partial charge in [-0.1, -0.05) is 23.7 Å². The smallest absolute Gasteiger partial charge is 0.321 e. The van der Waals surface area contributed by atoms with Gasteiger partial charge in [-0.15, -0.1) is 0 Å². The van der Waals surface area contributed by atoms with E-state index in [1.54, 1.807) is 36.3 Å². The lowest BCUT2D eigenvalue weighted by Crippen LogP contribution is -2.67. The molecule has 152 valence electrons. The molecule has 2 aliphatic rings. The molecule has 4 rings (SSSR count). The number of carbonyl (C=O) groups is 2. The van der Waals surface area contributed by atoms with E-state index in [4.69, 9.17) is 16.3 Å². The summed E-state index contributed by atoms with van der Waals surface area (Å²) in [5.41, 5.74) is 1.52. The molecule has 1 fully saturated rings. The van der Waals surface area contributed by atoms with Crippen molar-refractivity contribution in [2.75, 3.05) is 37.5 Å².